The number of amidine groups is 1. The van der Waals surface area contributed by atoms with Crippen LogP contribution in [0.15, 0.2) is 50.3 Å². The minimum absolute atomic E-state index is 0.0143. The van der Waals surface area contributed by atoms with Crippen molar-refractivity contribution in [3.05, 3.63) is 58.0 Å². The van der Waals surface area contributed by atoms with Crippen LogP contribution in [0, 0.1) is 6.92 Å². The molecule has 0 radical (unpaired) electrons. The molecule has 32 heavy (non-hydrogen) atoms. The monoisotopic (exact) mass is 461 g/mol. The number of aromatic hydroxyl groups is 1. The highest BCUT2D eigenvalue weighted by molar-refractivity contribution is 7.95. The van der Waals surface area contributed by atoms with E-state index in [9.17, 15) is 23.1 Å². The number of rotatable bonds is 6. The predicted octanol–water partition coefficient (Wildman–Crippen LogP) is 1.20. The number of carbonyl (C=O) groups excluding carboxylic acids is 2. The maximum atomic E-state index is 12.5. The second-order valence-electron chi connectivity index (χ2n) is 7.30. The largest absolute Gasteiger partial charge is 0.505 e. The smallest absolute Gasteiger partial charge is 0.270 e. The standard InChI is InChI=1S/C20H23N5O6S/c1-10-8-9-14(31-10)11(2)22-19-15(17(18(21)27)32(29,30)24-19)23-13-7-5-6-12(16(13)26)20(28)25(3)4/h5-9,11,23,26H,1-4H3,(H2,21,27)(H,22,24)/t11-/m1/s1. The number of hydrogen-bond donors (Lipinski definition) is 4. The van der Waals surface area contributed by atoms with Crippen LogP contribution >= 0.6 is 0 Å². The van der Waals surface area contributed by atoms with Crippen molar-refractivity contribution in [1.82, 2.24) is 9.62 Å². The number of nitrogens with one attached hydrogen (secondary N) is 2. The number of anilines is 1. The molecule has 2 aromatic rings. The van der Waals surface area contributed by atoms with Gasteiger partial charge >= 0.3 is 0 Å². The van der Waals surface area contributed by atoms with Crippen molar-refractivity contribution in [2.24, 2.45) is 10.7 Å². The first-order valence-corrected chi connectivity index (χ1v) is 10.9. The summed E-state index contributed by atoms with van der Waals surface area (Å²) >= 11 is 0. The second kappa shape index (κ2) is 8.38. The molecule has 0 aliphatic carbocycles. The van der Waals surface area contributed by atoms with Gasteiger partial charge in [-0.05, 0) is 38.1 Å². The fourth-order valence-electron chi connectivity index (χ4n) is 3.06. The van der Waals surface area contributed by atoms with E-state index in [2.05, 4.69) is 15.0 Å². The summed E-state index contributed by atoms with van der Waals surface area (Å²) in [5, 5.41) is 13.3. The Morgan fingerprint density at radius 1 is 1.25 bits per heavy atom. The number of nitrogens with two attached hydrogens (primary N) is 1. The number of para-hydroxylation sites is 1. The highest BCUT2D eigenvalue weighted by Crippen LogP contribution is 2.32. The molecule has 0 saturated heterocycles. The SMILES string of the molecule is Cc1ccc([C@@H](C)N=C2NS(=O)(=O)C(C(N)=O)=C2Nc2cccc(C(=O)N(C)C)c2O)o1. The normalized spacial score (nSPS) is 17.2. The van der Waals surface area contributed by atoms with Crippen molar-refractivity contribution >= 4 is 33.4 Å². The van der Waals surface area contributed by atoms with Gasteiger partial charge in [-0.2, -0.15) is 0 Å². The number of amides is 2. The molecule has 2 amide bonds. The Hall–Kier alpha value is -3.80. The number of carbonyl (C=O) groups is 2. The van der Waals surface area contributed by atoms with Crippen LogP contribution < -0.4 is 15.8 Å². The number of phenols is 1. The summed E-state index contributed by atoms with van der Waals surface area (Å²) in [4.78, 5) is 29.1. The number of nitrogens with zero attached hydrogens (tertiary/aromatic N) is 2. The van der Waals surface area contributed by atoms with Gasteiger partial charge in [0, 0.05) is 14.1 Å². The fourth-order valence-corrected chi connectivity index (χ4v) is 4.25. The highest BCUT2D eigenvalue weighted by atomic mass is 32.2. The third-order valence-electron chi connectivity index (χ3n) is 4.62. The van der Waals surface area contributed by atoms with Crippen molar-refractivity contribution in [3.8, 4) is 5.75 Å². The maximum absolute atomic E-state index is 12.5. The molecule has 1 aromatic heterocycles. The van der Waals surface area contributed by atoms with Crippen molar-refractivity contribution in [3.63, 3.8) is 0 Å². The molecule has 1 aliphatic heterocycles. The zero-order valence-corrected chi connectivity index (χ0v) is 18.6. The molecular weight excluding hydrogens is 438 g/mol. The van der Waals surface area contributed by atoms with E-state index in [1.165, 1.54) is 37.2 Å². The number of hydrogen-bond acceptors (Lipinski definition) is 8. The summed E-state index contributed by atoms with van der Waals surface area (Å²) in [6.45, 7) is 3.43. The third kappa shape index (κ3) is 4.30. The topological polar surface area (TPSA) is 167 Å². The number of primary amides is 1. The van der Waals surface area contributed by atoms with Gasteiger partial charge in [0.1, 0.15) is 23.3 Å². The molecule has 1 aliphatic rings. The lowest BCUT2D eigenvalue weighted by atomic mass is 10.1. The van der Waals surface area contributed by atoms with Gasteiger partial charge in [-0.1, -0.05) is 6.07 Å². The number of aryl methyl sites for hydroxylation is 1. The van der Waals surface area contributed by atoms with Crippen LogP contribution in [0.5, 0.6) is 5.75 Å². The molecule has 5 N–H and O–H groups in total. The van der Waals surface area contributed by atoms with Crippen molar-refractivity contribution in [2.75, 3.05) is 19.4 Å². The zero-order valence-electron chi connectivity index (χ0n) is 17.8. The summed E-state index contributed by atoms with van der Waals surface area (Å²) < 4.78 is 32.8. The first kappa shape index (κ1) is 22.9. The van der Waals surface area contributed by atoms with Gasteiger partial charge in [0.25, 0.3) is 21.8 Å². The van der Waals surface area contributed by atoms with Crippen LogP contribution in [0.25, 0.3) is 0 Å². The van der Waals surface area contributed by atoms with Crippen LogP contribution in [-0.4, -0.2) is 50.2 Å². The van der Waals surface area contributed by atoms with Crippen molar-refractivity contribution in [1.29, 1.82) is 0 Å². The molecule has 170 valence electrons. The van der Waals surface area contributed by atoms with E-state index in [-0.39, 0.29) is 22.8 Å². The molecule has 0 saturated carbocycles. The second-order valence-corrected chi connectivity index (χ2v) is 8.92. The Balaban J connectivity index is 2.10. The number of sulfonamides is 1. The third-order valence-corrected chi connectivity index (χ3v) is 6.02. The van der Waals surface area contributed by atoms with E-state index in [0.717, 1.165) is 0 Å². The van der Waals surface area contributed by atoms with Gasteiger partial charge in [-0.3, -0.25) is 19.3 Å². The van der Waals surface area contributed by atoms with Gasteiger partial charge < -0.3 is 25.5 Å². The van der Waals surface area contributed by atoms with E-state index >= 15 is 0 Å². The number of benzene rings is 1. The van der Waals surface area contributed by atoms with Crippen LogP contribution in [0.4, 0.5) is 5.69 Å². The fraction of sp³-hybridized carbons (Fsp3) is 0.250. The van der Waals surface area contributed by atoms with E-state index in [0.29, 0.717) is 11.5 Å². The summed E-state index contributed by atoms with van der Waals surface area (Å²) in [6, 6.07) is 7.13. The minimum Gasteiger partial charge on any atom is -0.505 e. The van der Waals surface area contributed by atoms with E-state index in [4.69, 9.17) is 10.2 Å². The molecule has 0 fully saturated rings. The summed E-state index contributed by atoms with van der Waals surface area (Å²) in [5.41, 5.74) is 5.04. The Labute approximate surface area is 184 Å². The Morgan fingerprint density at radius 2 is 1.94 bits per heavy atom. The Morgan fingerprint density at radius 3 is 2.50 bits per heavy atom. The molecule has 11 nitrogen and oxygen atoms in total. The molecule has 0 spiro atoms. The average Bonchev–Trinajstić information content (AvgIpc) is 3.23. The van der Waals surface area contributed by atoms with Crippen LogP contribution in [0.1, 0.15) is 34.8 Å². The number of phenolic OH excluding ortho intramolecular Hbond substituents is 1. The van der Waals surface area contributed by atoms with E-state index < -0.39 is 38.5 Å². The molecule has 2 heterocycles. The molecule has 0 unspecified atom stereocenters. The van der Waals surface area contributed by atoms with Gasteiger partial charge in [-0.15, -0.1) is 0 Å². The lowest BCUT2D eigenvalue weighted by Crippen LogP contribution is -2.27. The Kier molecular flexibility index (Phi) is 5.99. The lowest BCUT2D eigenvalue weighted by Gasteiger charge is -2.15. The molecule has 12 heteroatoms. The average molecular weight is 462 g/mol. The van der Waals surface area contributed by atoms with E-state index in [1.54, 1.807) is 26.0 Å². The first-order chi connectivity index (χ1) is 14.9. The van der Waals surface area contributed by atoms with Crippen molar-refractivity contribution in [2.45, 2.75) is 19.9 Å². The van der Waals surface area contributed by atoms with Crippen LogP contribution in [-0.2, 0) is 14.8 Å². The molecule has 3 rings (SSSR count). The van der Waals surface area contributed by atoms with Gasteiger partial charge in [0.05, 0.1) is 11.3 Å². The molecule has 1 aromatic carbocycles. The molecular formula is C20H23N5O6S. The predicted molar refractivity (Wildman–Crippen MR) is 117 cm³/mol. The zero-order chi connectivity index (χ0) is 23.8. The van der Waals surface area contributed by atoms with Gasteiger partial charge in [-0.25, -0.2) is 8.42 Å². The van der Waals surface area contributed by atoms with Gasteiger partial charge in [0.15, 0.2) is 16.5 Å². The highest BCUT2D eigenvalue weighted by Gasteiger charge is 2.39. The summed E-state index contributed by atoms with van der Waals surface area (Å²) in [7, 11) is -1.27. The minimum atomic E-state index is -4.31. The van der Waals surface area contributed by atoms with Crippen LogP contribution in [0.2, 0.25) is 0 Å². The van der Waals surface area contributed by atoms with Crippen molar-refractivity contribution < 1.29 is 27.5 Å². The first-order valence-electron chi connectivity index (χ1n) is 9.44. The van der Waals surface area contributed by atoms with E-state index in [1.807, 2.05) is 0 Å². The number of furan rings is 1. The molecule has 0 bridgehead atoms. The number of aliphatic imine (C=N–C) groups is 1. The Bertz CT molecular complexity index is 1260. The maximum Gasteiger partial charge on any atom is 0.270 e. The quantitative estimate of drug-likeness (QED) is 0.469. The van der Waals surface area contributed by atoms with Gasteiger partial charge in [0.2, 0.25) is 0 Å². The summed E-state index contributed by atoms with van der Waals surface area (Å²) in [6.07, 6.45) is 0. The summed E-state index contributed by atoms with van der Waals surface area (Å²) in [5.74, 6) is -1.18. The lowest BCUT2D eigenvalue weighted by molar-refractivity contribution is -0.113. The molecule has 1 atom stereocenters. The van der Waals surface area contributed by atoms with Crippen LogP contribution in [0.3, 0.4) is 0 Å².